The molecule has 1 heterocycles. The Labute approximate surface area is 110 Å². The van der Waals surface area contributed by atoms with Crippen LogP contribution in [0.2, 0.25) is 0 Å². The standard InChI is InChI=1S/C13H17N3OS/c14-8-5-6-9-10(7-8)16-13(15-9)18-12-4-2-1-3-11(12)17/h5-7,11-12,17H,1-4,14H2,(H,15,16). The van der Waals surface area contributed by atoms with Gasteiger partial charge in [-0.1, -0.05) is 24.6 Å². The van der Waals surface area contributed by atoms with Crippen molar-refractivity contribution in [1.29, 1.82) is 0 Å². The number of aromatic nitrogens is 2. The van der Waals surface area contributed by atoms with E-state index in [0.29, 0.717) is 0 Å². The van der Waals surface area contributed by atoms with E-state index < -0.39 is 0 Å². The number of hydrogen-bond donors (Lipinski definition) is 3. The molecular weight excluding hydrogens is 246 g/mol. The van der Waals surface area contributed by atoms with Gasteiger partial charge in [0, 0.05) is 10.9 Å². The Morgan fingerprint density at radius 3 is 3.00 bits per heavy atom. The molecular formula is C13H17N3OS. The van der Waals surface area contributed by atoms with Crippen LogP contribution in [0.1, 0.15) is 25.7 Å². The van der Waals surface area contributed by atoms with Crippen LogP contribution in [0.4, 0.5) is 5.69 Å². The third kappa shape index (κ3) is 2.33. The number of aromatic amines is 1. The summed E-state index contributed by atoms with van der Waals surface area (Å²) in [5, 5.41) is 11.1. The largest absolute Gasteiger partial charge is 0.399 e. The second-order valence-electron chi connectivity index (χ2n) is 4.83. The number of anilines is 1. The van der Waals surface area contributed by atoms with Gasteiger partial charge in [0.05, 0.1) is 17.1 Å². The van der Waals surface area contributed by atoms with E-state index in [4.69, 9.17) is 5.73 Å². The van der Waals surface area contributed by atoms with Gasteiger partial charge >= 0.3 is 0 Å². The molecule has 0 amide bonds. The number of nitrogen functional groups attached to an aromatic ring is 1. The van der Waals surface area contributed by atoms with Gasteiger partial charge in [-0.25, -0.2) is 4.98 Å². The maximum atomic E-state index is 9.97. The topological polar surface area (TPSA) is 74.9 Å². The minimum Gasteiger partial charge on any atom is -0.399 e. The number of rotatable bonds is 2. The van der Waals surface area contributed by atoms with Gasteiger partial charge in [-0.15, -0.1) is 0 Å². The minimum atomic E-state index is -0.206. The monoisotopic (exact) mass is 263 g/mol. The first-order valence-electron chi connectivity index (χ1n) is 6.32. The van der Waals surface area contributed by atoms with Crippen LogP contribution < -0.4 is 5.73 Å². The molecule has 2 aromatic rings. The number of nitrogens with one attached hydrogen (secondary N) is 1. The maximum Gasteiger partial charge on any atom is 0.166 e. The van der Waals surface area contributed by atoms with E-state index in [1.54, 1.807) is 11.8 Å². The highest BCUT2D eigenvalue weighted by molar-refractivity contribution is 7.99. The fraction of sp³-hybridized carbons (Fsp3) is 0.462. The quantitative estimate of drug-likeness (QED) is 0.728. The van der Waals surface area contributed by atoms with Crippen LogP contribution in [-0.2, 0) is 0 Å². The predicted molar refractivity (Wildman–Crippen MR) is 74.6 cm³/mol. The molecule has 4 N–H and O–H groups in total. The Hall–Kier alpha value is -1.20. The van der Waals surface area contributed by atoms with E-state index in [2.05, 4.69) is 9.97 Å². The summed E-state index contributed by atoms with van der Waals surface area (Å²) < 4.78 is 0. The molecule has 0 radical (unpaired) electrons. The molecule has 1 aromatic carbocycles. The summed E-state index contributed by atoms with van der Waals surface area (Å²) in [4.78, 5) is 7.79. The van der Waals surface area contributed by atoms with Crippen molar-refractivity contribution < 1.29 is 5.11 Å². The summed E-state index contributed by atoms with van der Waals surface area (Å²) in [5.41, 5.74) is 8.37. The van der Waals surface area contributed by atoms with E-state index >= 15 is 0 Å². The molecule has 3 rings (SSSR count). The van der Waals surface area contributed by atoms with E-state index in [9.17, 15) is 5.11 Å². The van der Waals surface area contributed by atoms with E-state index in [1.807, 2.05) is 18.2 Å². The second kappa shape index (κ2) is 4.82. The van der Waals surface area contributed by atoms with E-state index in [0.717, 1.165) is 41.1 Å². The number of H-pyrrole nitrogens is 1. The van der Waals surface area contributed by atoms with E-state index in [-0.39, 0.29) is 11.4 Å². The third-order valence-electron chi connectivity index (χ3n) is 3.41. The molecule has 1 fully saturated rings. The summed E-state index contributed by atoms with van der Waals surface area (Å²) in [6.45, 7) is 0. The molecule has 5 heteroatoms. The van der Waals surface area contributed by atoms with Gasteiger partial charge in [0.25, 0.3) is 0 Å². The zero-order chi connectivity index (χ0) is 12.5. The Bertz CT molecular complexity index is 554. The molecule has 0 saturated heterocycles. The van der Waals surface area contributed by atoms with Crippen molar-refractivity contribution in [2.24, 2.45) is 0 Å². The van der Waals surface area contributed by atoms with Gasteiger partial charge in [0.2, 0.25) is 0 Å². The number of hydrogen-bond acceptors (Lipinski definition) is 4. The first kappa shape index (κ1) is 11.9. The highest BCUT2D eigenvalue weighted by Crippen LogP contribution is 2.33. The van der Waals surface area contributed by atoms with Crippen molar-refractivity contribution in [3.63, 3.8) is 0 Å². The Kier molecular flexibility index (Phi) is 3.18. The summed E-state index contributed by atoms with van der Waals surface area (Å²) in [5.74, 6) is 0. The molecule has 0 spiro atoms. The second-order valence-corrected chi connectivity index (χ2v) is 6.05. The zero-order valence-electron chi connectivity index (χ0n) is 10.1. The highest BCUT2D eigenvalue weighted by Gasteiger charge is 2.24. The summed E-state index contributed by atoms with van der Waals surface area (Å²) in [6, 6.07) is 5.67. The first-order chi connectivity index (χ1) is 8.72. The molecule has 1 aliphatic rings. The van der Waals surface area contributed by atoms with Crippen molar-refractivity contribution in [1.82, 2.24) is 9.97 Å². The molecule has 2 unspecified atom stereocenters. The van der Waals surface area contributed by atoms with Crippen molar-refractivity contribution in [2.45, 2.75) is 42.2 Å². The van der Waals surface area contributed by atoms with Gasteiger partial charge in [0.15, 0.2) is 5.16 Å². The molecule has 96 valence electrons. The Balaban J connectivity index is 1.81. The van der Waals surface area contributed by atoms with Crippen molar-refractivity contribution >= 4 is 28.5 Å². The number of benzene rings is 1. The van der Waals surface area contributed by atoms with Crippen LogP contribution in [0.15, 0.2) is 23.4 Å². The van der Waals surface area contributed by atoms with Crippen LogP contribution in [-0.4, -0.2) is 26.4 Å². The molecule has 0 aliphatic heterocycles. The lowest BCUT2D eigenvalue weighted by molar-refractivity contribution is 0.137. The Morgan fingerprint density at radius 2 is 2.17 bits per heavy atom. The average molecular weight is 263 g/mol. The van der Waals surface area contributed by atoms with Gasteiger partial charge in [-0.05, 0) is 31.0 Å². The van der Waals surface area contributed by atoms with Crippen LogP contribution in [0, 0.1) is 0 Å². The maximum absolute atomic E-state index is 9.97. The number of imidazole rings is 1. The van der Waals surface area contributed by atoms with Gasteiger partial charge in [-0.3, -0.25) is 0 Å². The number of fused-ring (bicyclic) bond motifs is 1. The van der Waals surface area contributed by atoms with Gasteiger partial charge < -0.3 is 15.8 Å². The smallest absolute Gasteiger partial charge is 0.166 e. The van der Waals surface area contributed by atoms with Crippen LogP contribution in [0.25, 0.3) is 11.0 Å². The lowest BCUT2D eigenvalue weighted by Crippen LogP contribution is -2.26. The minimum absolute atomic E-state index is 0.206. The highest BCUT2D eigenvalue weighted by atomic mass is 32.2. The van der Waals surface area contributed by atoms with Crippen molar-refractivity contribution in [3.8, 4) is 0 Å². The van der Waals surface area contributed by atoms with Crippen LogP contribution in [0.5, 0.6) is 0 Å². The summed E-state index contributed by atoms with van der Waals surface area (Å²) in [7, 11) is 0. The molecule has 18 heavy (non-hydrogen) atoms. The number of nitrogens with zero attached hydrogens (tertiary/aromatic N) is 1. The van der Waals surface area contributed by atoms with Crippen molar-refractivity contribution in [2.75, 3.05) is 5.73 Å². The van der Waals surface area contributed by atoms with Gasteiger partial charge in [0.1, 0.15) is 0 Å². The number of nitrogens with two attached hydrogens (primary N) is 1. The summed E-state index contributed by atoms with van der Waals surface area (Å²) >= 11 is 1.65. The molecule has 0 bridgehead atoms. The first-order valence-corrected chi connectivity index (χ1v) is 7.20. The van der Waals surface area contributed by atoms with E-state index in [1.165, 1.54) is 6.42 Å². The molecule has 2 atom stereocenters. The SMILES string of the molecule is Nc1ccc2nc(SC3CCCCC3O)[nH]c2c1. The molecule has 1 aliphatic carbocycles. The molecule has 1 aromatic heterocycles. The molecule has 1 saturated carbocycles. The number of aliphatic hydroxyl groups excluding tert-OH is 1. The lowest BCUT2D eigenvalue weighted by Gasteiger charge is -2.25. The fourth-order valence-electron chi connectivity index (χ4n) is 2.42. The fourth-order valence-corrected chi connectivity index (χ4v) is 3.60. The third-order valence-corrected chi connectivity index (χ3v) is 4.68. The van der Waals surface area contributed by atoms with Crippen molar-refractivity contribution in [3.05, 3.63) is 18.2 Å². The predicted octanol–water partition coefficient (Wildman–Crippen LogP) is 2.54. The van der Waals surface area contributed by atoms with Crippen LogP contribution >= 0.6 is 11.8 Å². The molecule has 4 nitrogen and oxygen atoms in total. The zero-order valence-corrected chi connectivity index (χ0v) is 10.9. The number of thioether (sulfide) groups is 1. The number of aliphatic hydroxyl groups is 1. The Morgan fingerprint density at radius 1 is 1.33 bits per heavy atom. The normalized spacial score (nSPS) is 24.5. The van der Waals surface area contributed by atoms with Gasteiger partial charge in [-0.2, -0.15) is 0 Å². The van der Waals surface area contributed by atoms with Crippen LogP contribution in [0.3, 0.4) is 0 Å². The average Bonchev–Trinajstić information content (AvgIpc) is 2.73. The summed E-state index contributed by atoms with van der Waals surface area (Å²) in [6.07, 6.45) is 4.09. The lowest BCUT2D eigenvalue weighted by atomic mass is 9.97.